The summed E-state index contributed by atoms with van der Waals surface area (Å²) in [5.41, 5.74) is 3.92. The minimum atomic E-state index is -0.0636. The highest BCUT2D eigenvalue weighted by molar-refractivity contribution is 9.10. The van der Waals surface area contributed by atoms with E-state index in [1.165, 1.54) is 5.56 Å². The molecule has 0 radical (unpaired) electrons. The van der Waals surface area contributed by atoms with E-state index in [0.29, 0.717) is 25.3 Å². The van der Waals surface area contributed by atoms with Crippen molar-refractivity contribution in [3.63, 3.8) is 0 Å². The van der Waals surface area contributed by atoms with Crippen LogP contribution in [0.25, 0.3) is 11.0 Å². The van der Waals surface area contributed by atoms with E-state index in [0.717, 1.165) is 39.9 Å². The number of nitrogens with zero attached hydrogens (tertiary/aromatic N) is 2. The maximum Gasteiger partial charge on any atom is 0.251 e. The van der Waals surface area contributed by atoms with Crippen molar-refractivity contribution in [2.24, 2.45) is 0 Å². The number of aromatic nitrogens is 2. The van der Waals surface area contributed by atoms with Crippen molar-refractivity contribution in [1.82, 2.24) is 14.9 Å². The van der Waals surface area contributed by atoms with Crippen LogP contribution in [-0.2, 0) is 13.0 Å². The lowest BCUT2D eigenvalue weighted by Crippen LogP contribution is -2.25. The molecule has 1 amide bonds. The third kappa shape index (κ3) is 5.56. The van der Waals surface area contributed by atoms with Gasteiger partial charge in [0.05, 0.1) is 17.6 Å². The third-order valence-electron chi connectivity index (χ3n) is 5.26. The van der Waals surface area contributed by atoms with Gasteiger partial charge in [-0.05, 0) is 61.4 Å². The lowest BCUT2D eigenvalue weighted by molar-refractivity contribution is 0.0953. The summed E-state index contributed by atoms with van der Waals surface area (Å²) in [6.45, 7) is 3.93. The zero-order valence-electron chi connectivity index (χ0n) is 18.1. The fourth-order valence-electron chi connectivity index (χ4n) is 3.71. The van der Waals surface area contributed by atoms with Gasteiger partial charge < -0.3 is 14.6 Å². The first-order valence-corrected chi connectivity index (χ1v) is 11.6. The van der Waals surface area contributed by atoms with E-state index in [9.17, 15) is 4.79 Å². The molecule has 0 fully saturated rings. The first kappa shape index (κ1) is 22.1. The number of fused-ring (bicyclic) bond motifs is 1. The van der Waals surface area contributed by atoms with Crippen molar-refractivity contribution in [2.75, 3.05) is 13.2 Å². The van der Waals surface area contributed by atoms with Gasteiger partial charge in [-0.15, -0.1) is 0 Å². The Morgan fingerprint density at radius 2 is 1.91 bits per heavy atom. The molecule has 164 valence electrons. The molecule has 0 unspecified atom stereocenters. The van der Waals surface area contributed by atoms with Gasteiger partial charge in [0.2, 0.25) is 0 Å². The molecule has 4 rings (SSSR count). The predicted molar refractivity (Wildman–Crippen MR) is 131 cm³/mol. The fourth-order valence-corrected chi connectivity index (χ4v) is 4.11. The van der Waals surface area contributed by atoms with Crippen molar-refractivity contribution < 1.29 is 9.53 Å². The molecule has 6 heteroatoms. The van der Waals surface area contributed by atoms with Gasteiger partial charge in [0.15, 0.2) is 0 Å². The third-order valence-corrected chi connectivity index (χ3v) is 5.75. The maximum absolute atomic E-state index is 12.3. The number of hydrogen-bond acceptors (Lipinski definition) is 3. The van der Waals surface area contributed by atoms with Crippen molar-refractivity contribution in [3.8, 4) is 5.75 Å². The number of carbonyl (C=O) groups is 1. The summed E-state index contributed by atoms with van der Waals surface area (Å²) >= 11 is 3.41. The SMILES string of the molecule is Cc1cccc(OCCn2c(CCCNC(=O)c3cccc(Br)c3)nc3ccccc32)c1. The van der Waals surface area contributed by atoms with E-state index >= 15 is 0 Å². The molecule has 0 atom stereocenters. The van der Waals surface area contributed by atoms with Gasteiger partial charge in [-0.3, -0.25) is 4.79 Å². The second kappa shape index (κ2) is 10.5. The summed E-state index contributed by atoms with van der Waals surface area (Å²) in [5.74, 6) is 1.83. The molecule has 0 spiro atoms. The summed E-state index contributed by atoms with van der Waals surface area (Å²) in [4.78, 5) is 17.2. The van der Waals surface area contributed by atoms with Crippen molar-refractivity contribution in [1.29, 1.82) is 0 Å². The molecule has 0 aliphatic carbocycles. The molecular formula is C26H26BrN3O2. The van der Waals surface area contributed by atoms with Gasteiger partial charge >= 0.3 is 0 Å². The smallest absolute Gasteiger partial charge is 0.251 e. The molecule has 32 heavy (non-hydrogen) atoms. The Hall–Kier alpha value is -3.12. The minimum absolute atomic E-state index is 0.0636. The highest BCUT2D eigenvalue weighted by Crippen LogP contribution is 2.18. The van der Waals surface area contributed by atoms with Crippen molar-refractivity contribution in [2.45, 2.75) is 26.3 Å². The molecule has 0 saturated carbocycles. The molecule has 5 nitrogen and oxygen atoms in total. The Morgan fingerprint density at radius 3 is 2.75 bits per heavy atom. The summed E-state index contributed by atoms with van der Waals surface area (Å²) in [7, 11) is 0. The molecule has 0 bridgehead atoms. The number of nitrogens with one attached hydrogen (secondary N) is 1. The highest BCUT2D eigenvalue weighted by atomic mass is 79.9. The van der Waals surface area contributed by atoms with Crippen LogP contribution in [0.1, 0.15) is 28.2 Å². The largest absolute Gasteiger partial charge is 0.492 e. The van der Waals surface area contributed by atoms with Crippen LogP contribution in [0.5, 0.6) is 5.75 Å². The van der Waals surface area contributed by atoms with E-state index in [-0.39, 0.29) is 5.91 Å². The number of benzene rings is 3. The Labute approximate surface area is 196 Å². The average molecular weight is 492 g/mol. The molecule has 0 aliphatic heterocycles. The van der Waals surface area contributed by atoms with Crippen LogP contribution >= 0.6 is 15.9 Å². The van der Waals surface area contributed by atoms with Crippen LogP contribution in [0.15, 0.2) is 77.3 Å². The van der Waals surface area contributed by atoms with E-state index in [2.05, 4.69) is 44.9 Å². The summed E-state index contributed by atoms with van der Waals surface area (Å²) in [5, 5.41) is 3.00. The fraction of sp³-hybridized carbons (Fsp3) is 0.231. The van der Waals surface area contributed by atoms with E-state index < -0.39 is 0 Å². The van der Waals surface area contributed by atoms with Crippen LogP contribution in [-0.4, -0.2) is 28.6 Å². The normalized spacial score (nSPS) is 10.9. The highest BCUT2D eigenvalue weighted by Gasteiger charge is 2.11. The van der Waals surface area contributed by atoms with Crippen molar-refractivity contribution in [3.05, 3.63) is 94.2 Å². The molecule has 3 aromatic carbocycles. The standard InChI is InChI=1S/C26H26BrN3O2/c1-19-7-4-10-22(17-19)32-16-15-30-24-12-3-2-11-23(24)29-25(30)13-6-14-28-26(31)20-8-5-9-21(27)18-20/h2-5,7-12,17-18H,6,13-16H2,1H3,(H,28,31). The Morgan fingerprint density at radius 1 is 1.06 bits per heavy atom. The molecule has 1 heterocycles. The van der Waals surface area contributed by atoms with Crippen LogP contribution < -0.4 is 10.1 Å². The summed E-state index contributed by atoms with van der Waals surface area (Å²) in [6, 6.07) is 23.7. The maximum atomic E-state index is 12.3. The molecular weight excluding hydrogens is 466 g/mol. The topological polar surface area (TPSA) is 56.1 Å². The molecule has 1 N–H and O–H groups in total. The van der Waals surface area contributed by atoms with Crippen LogP contribution in [0.4, 0.5) is 0 Å². The molecule has 1 aromatic heterocycles. The van der Waals surface area contributed by atoms with Crippen LogP contribution in [0.3, 0.4) is 0 Å². The quantitative estimate of drug-likeness (QED) is 0.312. The van der Waals surface area contributed by atoms with E-state index in [1.54, 1.807) is 0 Å². The lowest BCUT2D eigenvalue weighted by atomic mass is 10.2. The molecule has 4 aromatic rings. The Balaban J connectivity index is 1.37. The number of para-hydroxylation sites is 2. The number of aryl methyl sites for hydroxylation is 2. The first-order chi connectivity index (χ1) is 15.6. The van der Waals surface area contributed by atoms with Crippen LogP contribution in [0.2, 0.25) is 0 Å². The second-order valence-electron chi connectivity index (χ2n) is 7.70. The zero-order valence-corrected chi connectivity index (χ0v) is 19.6. The zero-order chi connectivity index (χ0) is 22.3. The van der Waals surface area contributed by atoms with Gasteiger partial charge in [0.25, 0.3) is 5.91 Å². The number of amides is 1. The number of carbonyl (C=O) groups excluding carboxylic acids is 1. The minimum Gasteiger partial charge on any atom is -0.492 e. The number of rotatable bonds is 9. The lowest BCUT2D eigenvalue weighted by Gasteiger charge is -2.11. The van der Waals surface area contributed by atoms with Gasteiger partial charge in [-0.2, -0.15) is 0 Å². The van der Waals surface area contributed by atoms with Crippen molar-refractivity contribution >= 4 is 32.9 Å². The summed E-state index contributed by atoms with van der Waals surface area (Å²) < 4.78 is 9.09. The number of ether oxygens (including phenoxy) is 1. The van der Waals surface area contributed by atoms with Gasteiger partial charge in [0.1, 0.15) is 18.2 Å². The average Bonchev–Trinajstić information content (AvgIpc) is 3.14. The second-order valence-corrected chi connectivity index (χ2v) is 8.62. The number of hydrogen-bond donors (Lipinski definition) is 1. The molecule has 0 saturated heterocycles. The van der Waals surface area contributed by atoms with E-state index in [4.69, 9.17) is 9.72 Å². The molecule has 0 aliphatic rings. The monoisotopic (exact) mass is 491 g/mol. The van der Waals surface area contributed by atoms with Gasteiger partial charge in [-0.25, -0.2) is 4.98 Å². The summed E-state index contributed by atoms with van der Waals surface area (Å²) in [6.07, 6.45) is 1.58. The van der Waals surface area contributed by atoms with Gasteiger partial charge in [0, 0.05) is 23.0 Å². The van der Waals surface area contributed by atoms with Gasteiger partial charge in [-0.1, -0.05) is 46.3 Å². The predicted octanol–water partition coefficient (Wildman–Crippen LogP) is 5.55. The first-order valence-electron chi connectivity index (χ1n) is 10.8. The Bertz CT molecular complexity index is 1220. The Kier molecular flexibility index (Phi) is 7.22. The number of imidazole rings is 1. The number of halogens is 1. The van der Waals surface area contributed by atoms with E-state index in [1.807, 2.05) is 60.7 Å². The van der Waals surface area contributed by atoms with Crippen LogP contribution in [0, 0.1) is 6.92 Å².